The number of hydrogen-bond donors (Lipinski definition) is 3. The van der Waals surface area contributed by atoms with E-state index in [4.69, 9.17) is 4.74 Å². The second-order valence-corrected chi connectivity index (χ2v) is 10.3. The van der Waals surface area contributed by atoms with Crippen LogP contribution in [0.5, 0.6) is 0 Å². The summed E-state index contributed by atoms with van der Waals surface area (Å²) >= 11 is 0. The molecule has 3 heterocycles. The Hall–Kier alpha value is -3.96. The van der Waals surface area contributed by atoms with E-state index in [1.54, 1.807) is 12.1 Å². The third kappa shape index (κ3) is 4.59. The summed E-state index contributed by atoms with van der Waals surface area (Å²) in [6.45, 7) is 3.72. The highest BCUT2D eigenvalue weighted by molar-refractivity contribution is 5.96. The van der Waals surface area contributed by atoms with Gasteiger partial charge in [0.1, 0.15) is 29.5 Å². The first kappa shape index (κ1) is 25.7. The molecule has 5 atom stereocenters. The third-order valence-electron chi connectivity index (χ3n) is 7.86. The molecular formula is C26H29FN4O7. The first-order valence-corrected chi connectivity index (χ1v) is 12.6. The van der Waals surface area contributed by atoms with Crippen LogP contribution in [-0.2, 0) is 37.0 Å². The average molecular weight is 529 g/mol. The van der Waals surface area contributed by atoms with E-state index in [0.29, 0.717) is 30.4 Å². The molecule has 5 rings (SSSR count). The van der Waals surface area contributed by atoms with Gasteiger partial charge in [0, 0.05) is 30.9 Å². The molecule has 2 saturated heterocycles. The van der Waals surface area contributed by atoms with E-state index in [0.717, 1.165) is 0 Å². The number of piperidine rings is 1. The van der Waals surface area contributed by atoms with Crippen LogP contribution in [0.4, 0.5) is 9.18 Å². The van der Waals surface area contributed by atoms with Gasteiger partial charge in [0.05, 0.1) is 13.1 Å². The zero-order valence-electron chi connectivity index (χ0n) is 20.7. The SMILES string of the molecule is C=C[C@@H]1C[C@]1(NC(=O)[C@@H]1C[C@@H](OC(=O)N2Cc3cccc(F)c3C2)CN1C(=O)[C@@H]1CCCC(=O)N1)C(=O)O. The van der Waals surface area contributed by atoms with Gasteiger partial charge in [-0.15, -0.1) is 6.58 Å². The Morgan fingerprint density at radius 1 is 1.26 bits per heavy atom. The number of carboxylic acid groups (broad SMARTS) is 1. The normalized spacial score (nSPS) is 29.8. The van der Waals surface area contributed by atoms with Crippen LogP contribution in [0.15, 0.2) is 30.9 Å². The quantitative estimate of drug-likeness (QED) is 0.468. The smallest absolute Gasteiger partial charge is 0.410 e. The van der Waals surface area contributed by atoms with Crippen LogP contribution >= 0.6 is 0 Å². The molecule has 1 aromatic rings. The predicted molar refractivity (Wildman–Crippen MR) is 129 cm³/mol. The lowest BCUT2D eigenvalue weighted by Crippen LogP contribution is -2.57. The number of aliphatic carboxylic acids is 1. The summed E-state index contributed by atoms with van der Waals surface area (Å²) in [7, 11) is 0. The highest BCUT2D eigenvalue weighted by atomic mass is 19.1. The largest absolute Gasteiger partial charge is 0.479 e. The predicted octanol–water partition coefficient (Wildman–Crippen LogP) is 1.06. The molecule has 11 nitrogen and oxygen atoms in total. The van der Waals surface area contributed by atoms with Crippen LogP contribution in [-0.4, -0.2) is 75.0 Å². The van der Waals surface area contributed by atoms with Crippen molar-refractivity contribution in [3.05, 3.63) is 47.8 Å². The maximum absolute atomic E-state index is 14.1. The van der Waals surface area contributed by atoms with Gasteiger partial charge in [-0.25, -0.2) is 14.0 Å². The second-order valence-electron chi connectivity index (χ2n) is 10.3. The van der Waals surface area contributed by atoms with Crippen LogP contribution in [0.3, 0.4) is 0 Å². The number of rotatable bonds is 6. The number of carboxylic acids is 1. The molecule has 1 aromatic carbocycles. The number of fused-ring (bicyclic) bond motifs is 1. The van der Waals surface area contributed by atoms with Crippen molar-refractivity contribution >= 4 is 29.8 Å². The van der Waals surface area contributed by atoms with E-state index in [2.05, 4.69) is 17.2 Å². The van der Waals surface area contributed by atoms with Gasteiger partial charge in [-0.2, -0.15) is 0 Å². The number of hydrogen-bond acceptors (Lipinski definition) is 6. The second kappa shape index (κ2) is 9.73. The van der Waals surface area contributed by atoms with Crippen molar-refractivity contribution in [2.75, 3.05) is 6.54 Å². The molecule has 3 fully saturated rings. The molecule has 0 bridgehead atoms. The van der Waals surface area contributed by atoms with E-state index in [1.165, 1.54) is 21.9 Å². The average Bonchev–Trinajstić information content (AvgIpc) is 3.21. The van der Waals surface area contributed by atoms with Crippen LogP contribution in [0.1, 0.15) is 43.2 Å². The maximum Gasteiger partial charge on any atom is 0.410 e. The summed E-state index contributed by atoms with van der Waals surface area (Å²) in [5, 5.41) is 14.9. The van der Waals surface area contributed by atoms with Crippen LogP contribution in [0.25, 0.3) is 0 Å². The molecule has 1 saturated carbocycles. The summed E-state index contributed by atoms with van der Waals surface area (Å²) in [5.41, 5.74) is -0.402. The third-order valence-corrected chi connectivity index (χ3v) is 7.86. The van der Waals surface area contributed by atoms with E-state index < -0.39 is 59.3 Å². The molecule has 1 aliphatic carbocycles. The molecule has 0 aromatic heterocycles. The van der Waals surface area contributed by atoms with Crippen LogP contribution < -0.4 is 10.6 Å². The molecule has 3 aliphatic heterocycles. The van der Waals surface area contributed by atoms with Gasteiger partial charge < -0.3 is 25.4 Å². The highest BCUT2D eigenvalue weighted by Crippen LogP contribution is 2.45. The monoisotopic (exact) mass is 528 g/mol. The first-order chi connectivity index (χ1) is 18.1. The van der Waals surface area contributed by atoms with E-state index in [9.17, 15) is 33.5 Å². The van der Waals surface area contributed by atoms with Crippen molar-refractivity contribution in [3.8, 4) is 0 Å². The van der Waals surface area contributed by atoms with Crippen molar-refractivity contribution in [1.29, 1.82) is 0 Å². The fourth-order valence-electron chi connectivity index (χ4n) is 5.61. The molecule has 38 heavy (non-hydrogen) atoms. The number of carbonyl (C=O) groups is 5. The minimum atomic E-state index is -1.49. The molecule has 0 radical (unpaired) electrons. The Bertz CT molecular complexity index is 1220. The summed E-state index contributed by atoms with van der Waals surface area (Å²) in [6, 6.07) is 2.69. The maximum atomic E-state index is 14.1. The summed E-state index contributed by atoms with van der Waals surface area (Å²) in [4.78, 5) is 66.0. The molecule has 4 aliphatic rings. The summed E-state index contributed by atoms with van der Waals surface area (Å²) in [6.07, 6.45) is 1.25. The Kier molecular flexibility index (Phi) is 6.58. The lowest BCUT2D eigenvalue weighted by Gasteiger charge is -2.30. The fraction of sp³-hybridized carbons (Fsp3) is 0.500. The number of amides is 4. The van der Waals surface area contributed by atoms with Gasteiger partial charge in [-0.1, -0.05) is 18.2 Å². The molecule has 0 spiro atoms. The standard InChI is InChI=1S/C26H29FN4O7/c1-2-15-10-26(15,24(35)36)29-22(33)20-9-16(12-31(20)23(34)19-7-4-8-21(32)28-19)38-25(37)30-11-14-5-3-6-18(27)17(14)13-30/h2-3,5-6,15-16,19-20H,1,4,7-13H2,(H,28,32)(H,29,33)(H,35,36)/t15-,16-,19+,20+,26-/m1/s1. The minimum Gasteiger partial charge on any atom is -0.479 e. The number of ether oxygens (including phenoxy) is 1. The highest BCUT2D eigenvalue weighted by Gasteiger charge is 2.61. The van der Waals surface area contributed by atoms with Gasteiger partial charge in [0.25, 0.3) is 0 Å². The summed E-state index contributed by atoms with van der Waals surface area (Å²) < 4.78 is 19.8. The molecule has 12 heteroatoms. The number of carbonyl (C=O) groups excluding carboxylic acids is 4. The number of halogens is 1. The van der Waals surface area contributed by atoms with Crippen molar-refractivity contribution in [3.63, 3.8) is 0 Å². The van der Waals surface area contributed by atoms with Gasteiger partial charge in [-0.3, -0.25) is 19.3 Å². The van der Waals surface area contributed by atoms with E-state index in [-0.39, 0.29) is 38.4 Å². The summed E-state index contributed by atoms with van der Waals surface area (Å²) in [5.74, 6) is -3.50. The Balaban J connectivity index is 1.30. The van der Waals surface area contributed by atoms with Gasteiger partial charge in [0.2, 0.25) is 17.7 Å². The van der Waals surface area contributed by atoms with Crippen LogP contribution in [0.2, 0.25) is 0 Å². The molecule has 0 unspecified atom stereocenters. The van der Waals surface area contributed by atoms with E-state index in [1.807, 2.05) is 0 Å². The van der Waals surface area contributed by atoms with E-state index >= 15 is 0 Å². The lowest BCUT2D eigenvalue weighted by atomic mass is 10.0. The Labute approximate surface area is 218 Å². The van der Waals surface area contributed by atoms with Crippen molar-refractivity contribution < 1.29 is 38.2 Å². The molecular weight excluding hydrogens is 499 g/mol. The number of nitrogens with zero attached hydrogens (tertiary/aromatic N) is 2. The van der Waals surface area contributed by atoms with Gasteiger partial charge in [-0.05, 0) is 30.9 Å². The Morgan fingerprint density at radius 2 is 2.05 bits per heavy atom. The molecule has 202 valence electrons. The zero-order chi connectivity index (χ0) is 27.2. The van der Waals surface area contributed by atoms with Crippen LogP contribution in [0, 0.1) is 11.7 Å². The molecule has 3 N–H and O–H groups in total. The van der Waals surface area contributed by atoms with Gasteiger partial charge in [0.15, 0.2) is 0 Å². The Morgan fingerprint density at radius 3 is 2.71 bits per heavy atom. The van der Waals surface area contributed by atoms with Crippen molar-refractivity contribution in [2.45, 2.75) is 68.9 Å². The number of nitrogens with one attached hydrogen (secondary N) is 2. The first-order valence-electron chi connectivity index (χ1n) is 12.6. The topological polar surface area (TPSA) is 145 Å². The van der Waals surface area contributed by atoms with Crippen molar-refractivity contribution in [2.24, 2.45) is 5.92 Å². The molecule has 4 amide bonds. The lowest BCUT2D eigenvalue weighted by molar-refractivity contribution is -0.146. The minimum absolute atomic E-state index is 0.0400. The van der Waals surface area contributed by atoms with Gasteiger partial charge >= 0.3 is 12.1 Å². The number of benzene rings is 1. The zero-order valence-corrected chi connectivity index (χ0v) is 20.7. The number of likely N-dealkylation sites (tertiary alicyclic amines) is 1. The van der Waals surface area contributed by atoms with Crippen molar-refractivity contribution in [1.82, 2.24) is 20.4 Å². The fourth-order valence-corrected chi connectivity index (χ4v) is 5.61.